The second kappa shape index (κ2) is 6.10. The smallest absolute Gasteiger partial charge is 0.422 e. The van der Waals surface area contributed by atoms with Gasteiger partial charge < -0.3 is 10.1 Å². The van der Waals surface area contributed by atoms with Crippen LogP contribution in [0, 0.1) is 5.92 Å². The summed E-state index contributed by atoms with van der Waals surface area (Å²) < 4.78 is 40.5. The monoisotopic (exact) mass is 341 g/mol. The van der Waals surface area contributed by atoms with Gasteiger partial charge in [-0.2, -0.15) is 18.3 Å². The molecule has 2 atom stereocenters. The number of aromatic nitrogens is 4. The lowest BCUT2D eigenvalue weighted by Gasteiger charge is -2.07. The molecule has 1 aliphatic rings. The van der Waals surface area contributed by atoms with Gasteiger partial charge in [-0.3, -0.25) is 9.89 Å². The third-order valence-electron chi connectivity index (χ3n) is 3.60. The minimum atomic E-state index is -4.46. The SMILES string of the molecule is CC1CC1c1cc(NC(=O)c2ccc(OCC(F)(F)F)nn2)n[nH]1. The molecule has 0 spiro atoms. The molecule has 2 heterocycles. The van der Waals surface area contributed by atoms with Gasteiger partial charge in [-0.1, -0.05) is 6.92 Å². The van der Waals surface area contributed by atoms with Crippen LogP contribution in [0.5, 0.6) is 5.88 Å². The Morgan fingerprint density at radius 1 is 1.42 bits per heavy atom. The van der Waals surface area contributed by atoms with E-state index in [1.165, 1.54) is 6.07 Å². The maximum atomic E-state index is 12.0. The molecule has 2 N–H and O–H groups in total. The average molecular weight is 341 g/mol. The van der Waals surface area contributed by atoms with Crippen LogP contribution >= 0.6 is 0 Å². The maximum absolute atomic E-state index is 12.0. The Morgan fingerprint density at radius 3 is 2.75 bits per heavy atom. The third kappa shape index (κ3) is 4.00. The van der Waals surface area contributed by atoms with Crippen molar-refractivity contribution in [2.75, 3.05) is 11.9 Å². The quantitative estimate of drug-likeness (QED) is 0.872. The van der Waals surface area contributed by atoms with Crippen molar-refractivity contribution in [2.24, 2.45) is 5.92 Å². The average Bonchev–Trinajstić information content (AvgIpc) is 3.07. The first-order valence-corrected chi connectivity index (χ1v) is 7.22. The molecule has 1 amide bonds. The van der Waals surface area contributed by atoms with E-state index in [0.717, 1.165) is 18.2 Å². The van der Waals surface area contributed by atoms with E-state index in [1.807, 2.05) is 0 Å². The summed E-state index contributed by atoms with van der Waals surface area (Å²) in [5, 5.41) is 16.4. The number of hydrogen-bond acceptors (Lipinski definition) is 5. The number of rotatable bonds is 5. The molecule has 0 aromatic carbocycles. The van der Waals surface area contributed by atoms with Crippen molar-refractivity contribution in [3.05, 3.63) is 29.6 Å². The number of carbonyl (C=O) groups excluding carboxylic acids is 1. The zero-order chi connectivity index (χ0) is 17.3. The normalized spacial score (nSPS) is 19.8. The molecule has 1 fully saturated rings. The molecule has 7 nitrogen and oxygen atoms in total. The summed E-state index contributed by atoms with van der Waals surface area (Å²) in [7, 11) is 0. The number of ether oxygens (including phenoxy) is 1. The van der Waals surface area contributed by atoms with Gasteiger partial charge in [-0.25, -0.2) is 0 Å². The highest BCUT2D eigenvalue weighted by atomic mass is 19.4. The van der Waals surface area contributed by atoms with Gasteiger partial charge in [0.25, 0.3) is 5.91 Å². The first-order valence-electron chi connectivity index (χ1n) is 7.22. The van der Waals surface area contributed by atoms with E-state index in [1.54, 1.807) is 6.07 Å². The van der Waals surface area contributed by atoms with Gasteiger partial charge in [0.05, 0.1) is 0 Å². The lowest BCUT2D eigenvalue weighted by atomic mass is 10.2. The summed E-state index contributed by atoms with van der Waals surface area (Å²) in [4.78, 5) is 12.0. The van der Waals surface area contributed by atoms with Crippen LogP contribution in [0.3, 0.4) is 0 Å². The van der Waals surface area contributed by atoms with Crippen LogP contribution in [0.2, 0.25) is 0 Å². The lowest BCUT2D eigenvalue weighted by molar-refractivity contribution is -0.154. The number of halogens is 3. The summed E-state index contributed by atoms with van der Waals surface area (Å²) >= 11 is 0. The fourth-order valence-corrected chi connectivity index (χ4v) is 2.20. The van der Waals surface area contributed by atoms with E-state index < -0.39 is 18.7 Å². The summed E-state index contributed by atoms with van der Waals surface area (Å²) in [6.07, 6.45) is -3.38. The molecule has 1 saturated carbocycles. The van der Waals surface area contributed by atoms with Crippen molar-refractivity contribution in [3.63, 3.8) is 0 Å². The molecule has 2 unspecified atom stereocenters. The van der Waals surface area contributed by atoms with E-state index in [0.29, 0.717) is 17.7 Å². The van der Waals surface area contributed by atoms with E-state index in [-0.39, 0.29) is 11.6 Å². The van der Waals surface area contributed by atoms with Crippen molar-refractivity contribution in [1.82, 2.24) is 20.4 Å². The van der Waals surface area contributed by atoms with Gasteiger partial charge in [-0.15, -0.1) is 10.2 Å². The number of anilines is 1. The van der Waals surface area contributed by atoms with E-state index in [4.69, 9.17) is 0 Å². The van der Waals surface area contributed by atoms with Gasteiger partial charge >= 0.3 is 6.18 Å². The number of amides is 1. The number of hydrogen-bond donors (Lipinski definition) is 2. The van der Waals surface area contributed by atoms with Gasteiger partial charge in [0.15, 0.2) is 18.1 Å². The molecular formula is C14H14F3N5O2. The molecule has 3 rings (SSSR count). The maximum Gasteiger partial charge on any atom is 0.422 e. The number of nitrogens with zero attached hydrogens (tertiary/aromatic N) is 3. The predicted octanol–water partition coefficient (Wildman–Crippen LogP) is 2.52. The number of H-pyrrole nitrogens is 1. The Hall–Kier alpha value is -2.65. The van der Waals surface area contributed by atoms with Gasteiger partial charge in [-0.05, 0) is 18.4 Å². The minimum absolute atomic E-state index is 0.0568. The van der Waals surface area contributed by atoms with Gasteiger partial charge in [0.1, 0.15) is 0 Å². The predicted molar refractivity (Wildman–Crippen MR) is 76.6 cm³/mol. The molecule has 2 aromatic rings. The molecule has 0 aliphatic heterocycles. The van der Waals surface area contributed by atoms with Crippen molar-refractivity contribution < 1.29 is 22.7 Å². The second-order valence-electron chi connectivity index (χ2n) is 5.64. The Balaban J connectivity index is 1.57. The van der Waals surface area contributed by atoms with Crippen molar-refractivity contribution in [3.8, 4) is 5.88 Å². The summed E-state index contributed by atoms with van der Waals surface area (Å²) in [5.74, 6) is 0.519. The van der Waals surface area contributed by atoms with E-state index in [2.05, 4.69) is 37.4 Å². The molecule has 128 valence electrons. The number of alkyl halides is 3. The van der Waals surface area contributed by atoms with Crippen LogP contribution in [-0.4, -0.2) is 39.1 Å². The summed E-state index contributed by atoms with van der Waals surface area (Å²) in [5.41, 5.74) is 0.901. The number of nitrogens with one attached hydrogen (secondary N) is 2. The van der Waals surface area contributed by atoms with E-state index >= 15 is 0 Å². The van der Waals surface area contributed by atoms with Crippen molar-refractivity contribution in [2.45, 2.75) is 25.4 Å². The standard InChI is InChI=1S/C14H14F3N5O2/c1-7-4-8(7)10-5-11(21-20-10)18-13(23)9-2-3-12(22-19-9)24-6-14(15,16)17/h2-3,5,7-8H,4,6H2,1H3,(H2,18,20,21,23). The molecular weight excluding hydrogens is 327 g/mol. The highest BCUT2D eigenvalue weighted by Crippen LogP contribution is 2.46. The first-order chi connectivity index (χ1) is 11.3. The fraction of sp³-hybridized carbons (Fsp3) is 0.429. The highest BCUT2D eigenvalue weighted by Gasteiger charge is 2.35. The molecule has 2 aromatic heterocycles. The highest BCUT2D eigenvalue weighted by molar-refractivity contribution is 6.02. The summed E-state index contributed by atoms with van der Waals surface area (Å²) in [6.45, 7) is 0.657. The van der Waals surface area contributed by atoms with Crippen LogP contribution in [0.15, 0.2) is 18.2 Å². The van der Waals surface area contributed by atoms with Crippen LogP contribution in [0.25, 0.3) is 0 Å². The first kappa shape index (κ1) is 16.2. The van der Waals surface area contributed by atoms with Crippen LogP contribution in [0.1, 0.15) is 35.4 Å². The van der Waals surface area contributed by atoms with Gasteiger partial charge in [0, 0.05) is 23.7 Å². The molecule has 0 bridgehead atoms. The Kier molecular flexibility index (Phi) is 4.12. The number of carbonyl (C=O) groups is 1. The van der Waals surface area contributed by atoms with Crippen LogP contribution < -0.4 is 10.1 Å². The van der Waals surface area contributed by atoms with E-state index in [9.17, 15) is 18.0 Å². The van der Waals surface area contributed by atoms with Gasteiger partial charge in [0.2, 0.25) is 5.88 Å². The van der Waals surface area contributed by atoms with Crippen molar-refractivity contribution >= 4 is 11.7 Å². The summed E-state index contributed by atoms with van der Waals surface area (Å²) in [6, 6.07) is 4.13. The molecule has 0 radical (unpaired) electrons. The second-order valence-corrected chi connectivity index (χ2v) is 5.64. The fourth-order valence-electron chi connectivity index (χ4n) is 2.20. The molecule has 10 heteroatoms. The Labute approximate surface area is 134 Å². The van der Waals surface area contributed by atoms with Crippen molar-refractivity contribution in [1.29, 1.82) is 0 Å². The molecule has 1 aliphatic carbocycles. The zero-order valence-corrected chi connectivity index (χ0v) is 12.6. The Morgan fingerprint density at radius 2 is 2.17 bits per heavy atom. The van der Waals surface area contributed by atoms with Crippen LogP contribution in [-0.2, 0) is 0 Å². The third-order valence-corrected chi connectivity index (χ3v) is 3.60. The molecule has 24 heavy (non-hydrogen) atoms. The van der Waals surface area contributed by atoms with Crippen LogP contribution in [0.4, 0.5) is 19.0 Å². The number of aromatic amines is 1. The topological polar surface area (TPSA) is 92.8 Å². The lowest BCUT2D eigenvalue weighted by Crippen LogP contribution is -2.20. The minimum Gasteiger partial charge on any atom is -0.467 e. The Bertz CT molecular complexity index is 729. The molecule has 0 saturated heterocycles. The largest absolute Gasteiger partial charge is 0.467 e. The zero-order valence-electron chi connectivity index (χ0n) is 12.6.